The summed E-state index contributed by atoms with van der Waals surface area (Å²) in [6.07, 6.45) is 11.5. The Morgan fingerprint density at radius 2 is 2.13 bits per heavy atom. The zero-order valence-electron chi connectivity index (χ0n) is 17.5. The van der Waals surface area contributed by atoms with Crippen LogP contribution in [0.5, 0.6) is 0 Å². The first-order valence-corrected chi connectivity index (χ1v) is 10.6. The van der Waals surface area contributed by atoms with E-state index in [4.69, 9.17) is 0 Å². The van der Waals surface area contributed by atoms with Crippen LogP contribution in [0.1, 0.15) is 24.8 Å². The van der Waals surface area contributed by atoms with Gasteiger partial charge in [-0.05, 0) is 42.0 Å². The van der Waals surface area contributed by atoms with Crippen LogP contribution in [0.3, 0.4) is 0 Å². The predicted molar refractivity (Wildman–Crippen MR) is 119 cm³/mol. The van der Waals surface area contributed by atoms with Crippen LogP contribution in [0, 0.1) is 0 Å². The summed E-state index contributed by atoms with van der Waals surface area (Å²) in [7, 11) is 2.03. The van der Waals surface area contributed by atoms with Gasteiger partial charge in [0, 0.05) is 62.9 Å². The number of benzene rings is 1. The number of fused-ring (bicyclic) bond motifs is 1. The number of nitrogens with zero attached hydrogens (tertiary/aromatic N) is 6. The molecule has 1 atom stereocenters. The first kappa shape index (κ1) is 19.3. The number of anilines is 1. The fourth-order valence-electron chi connectivity index (χ4n) is 4.26. The van der Waals surface area contributed by atoms with E-state index in [2.05, 4.69) is 54.0 Å². The molecule has 8 heteroatoms. The molecule has 1 aromatic carbocycles. The molecule has 0 radical (unpaired) electrons. The third-order valence-corrected chi connectivity index (χ3v) is 5.90. The summed E-state index contributed by atoms with van der Waals surface area (Å²) in [5.41, 5.74) is 2.28. The van der Waals surface area contributed by atoms with Crippen LogP contribution in [0.25, 0.3) is 16.9 Å². The van der Waals surface area contributed by atoms with Crippen molar-refractivity contribution in [1.82, 2.24) is 29.4 Å². The largest absolute Gasteiger partial charge is 0.353 e. The molecule has 1 saturated heterocycles. The molecule has 5 rings (SSSR count). The van der Waals surface area contributed by atoms with Crippen LogP contribution in [0.4, 0.5) is 5.82 Å². The summed E-state index contributed by atoms with van der Waals surface area (Å²) in [5.74, 6) is 1.50. The van der Waals surface area contributed by atoms with Crippen molar-refractivity contribution >= 4 is 22.6 Å². The molecule has 0 aliphatic carbocycles. The van der Waals surface area contributed by atoms with Gasteiger partial charge >= 0.3 is 0 Å². The number of carbonyl (C=O) groups excluding carboxylic acids is 1. The lowest BCUT2D eigenvalue weighted by Gasteiger charge is -2.25. The summed E-state index contributed by atoms with van der Waals surface area (Å²) in [5, 5.41) is 4.30. The summed E-state index contributed by atoms with van der Waals surface area (Å²) >= 11 is 0. The summed E-state index contributed by atoms with van der Waals surface area (Å²) in [6, 6.07) is 10.5. The molecule has 1 aliphatic rings. The Balaban J connectivity index is 1.23. The molecule has 4 aromatic rings. The number of carbonyl (C=O) groups is 1. The molecular formula is C23H25N7O. The first-order valence-electron chi connectivity index (χ1n) is 10.6. The van der Waals surface area contributed by atoms with Crippen molar-refractivity contribution in [3.8, 4) is 5.95 Å². The van der Waals surface area contributed by atoms with Crippen molar-refractivity contribution in [2.75, 3.05) is 11.4 Å². The second kappa shape index (κ2) is 8.22. The molecule has 158 valence electrons. The molecule has 3 aromatic heterocycles. The molecule has 1 aliphatic heterocycles. The summed E-state index contributed by atoms with van der Waals surface area (Å²) < 4.78 is 3.88. The maximum atomic E-state index is 12.7. The Labute approximate surface area is 180 Å². The number of hydrogen-bond donors (Lipinski definition) is 1. The van der Waals surface area contributed by atoms with E-state index in [1.54, 1.807) is 23.3 Å². The van der Waals surface area contributed by atoms with Crippen molar-refractivity contribution in [3.05, 3.63) is 67.0 Å². The van der Waals surface area contributed by atoms with Crippen molar-refractivity contribution < 1.29 is 4.79 Å². The van der Waals surface area contributed by atoms with Gasteiger partial charge in [-0.15, -0.1) is 0 Å². The van der Waals surface area contributed by atoms with E-state index in [1.165, 1.54) is 10.9 Å². The SMILES string of the molecule is Cn1ccc2ccc(CNC(=O)C[C@H]3CCCN3c3ccnc(-n4ccnc4)n3)cc21. The Kier molecular flexibility index (Phi) is 5.11. The minimum atomic E-state index is 0.0627. The fourth-order valence-corrected chi connectivity index (χ4v) is 4.26. The number of nitrogens with one attached hydrogen (secondary N) is 1. The molecular weight excluding hydrogens is 390 g/mol. The normalized spacial score (nSPS) is 16.2. The zero-order chi connectivity index (χ0) is 21.2. The van der Waals surface area contributed by atoms with Gasteiger partial charge in [0.1, 0.15) is 12.1 Å². The average molecular weight is 416 g/mol. The van der Waals surface area contributed by atoms with Crippen LogP contribution in [-0.2, 0) is 18.4 Å². The Morgan fingerprint density at radius 3 is 3.00 bits per heavy atom. The molecule has 0 saturated carbocycles. The number of rotatable bonds is 6. The van der Waals surface area contributed by atoms with E-state index in [-0.39, 0.29) is 11.9 Å². The molecule has 0 spiro atoms. The number of amides is 1. The van der Waals surface area contributed by atoms with Crippen LogP contribution in [0.15, 0.2) is 61.4 Å². The lowest BCUT2D eigenvalue weighted by Crippen LogP contribution is -2.35. The highest BCUT2D eigenvalue weighted by molar-refractivity contribution is 5.81. The van der Waals surface area contributed by atoms with Crippen LogP contribution < -0.4 is 10.2 Å². The number of aryl methyl sites for hydroxylation is 1. The van der Waals surface area contributed by atoms with E-state index in [0.29, 0.717) is 18.9 Å². The predicted octanol–water partition coefficient (Wildman–Crippen LogP) is 2.83. The van der Waals surface area contributed by atoms with Crippen molar-refractivity contribution in [2.45, 2.75) is 31.8 Å². The maximum Gasteiger partial charge on any atom is 0.236 e. The van der Waals surface area contributed by atoms with E-state index >= 15 is 0 Å². The van der Waals surface area contributed by atoms with Gasteiger partial charge in [-0.2, -0.15) is 4.98 Å². The Bertz CT molecular complexity index is 1200. The lowest BCUT2D eigenvalue weighted by atomic mass is 10.1. The third kappa shape index (κ3) is 4.01. The van der Waals surface area contributed by atoms with Gasteiger partial charge < -0.3 is 14.8 Å². The molecule has 31 heavy (non-hydrogen) atoms. The smallest absolute Gasteiger partial charge is 0.236 e. The van der Waals surface area contributed by atoms with E-state index in [1.807, 2.05) is 25.5 Å². The van der Waals surface area contributed by atoms with Crippen molar-refractivity contribution in [1.29, 1.82) is 0 Å². The Morgan fingerprint density at radius 1 is 1.19 bits per heavy atom. The number of hydrogen-bond acceptors (Lipinski definition) is 5. The second-order valence-electron chi connectivity index (χ2n) is 7.97. The van der Waals surface area contributed by atoms with Gasteiger partial charge in [0.15, 0.2) is 0 Å². The molecule has 4 heterocycles. The molecule has 8 nitrogen and oxygen atoms in total. The highest BCUT2D eigenvalue weighted by atomic mass is 16.1. The summed E-state index contributed by atoms with van der Waals surface area (Å²) in [6.45, 7) is 1.42. The minimum absolute atomic E-state index is 0.0627. The van der Waals surface area contributed by atoms with Crippen molar-refractivity contribution in [3.63, 3.8) is 0 Å². The molecule has 1 fully saturated rings. The van der Waals surface area contributed by atoms with Gasteiger partial charge in [-0.3, -0.25) is 9.36 Å². The van der Waals surface area contributed by atoms with Crippen LogP contribution in [-0.4, -0.2) is 42.6 Å². The second-order valence-corrected chi connectivity index (χ2v) is 7.97. The molecule has 1 amide bonds. The van der Waals surface area contributed by atoms with E-state index < -0.39 is 0 Å². The van der Waals surface area contributed by atoms with Gasteiger partial charge in [0.05, 0.1) is 0 Å². The molecule has 0 bridgehead atoms. The lowest BCUT2D eigenvalue weighted by molar-refractivity contribution is -0.121. The van der Waals surface area contributed by atoms with E-state index in [9.17, 15) is 4.79 Å². The monoisotopic (exact) mass is 415 g/mol. The van der Waals surface area contributed by atoms with Gasteiger partial charge in [-0.25, -0.2) is 9.97 Å². The summed E-state index contributed by atoms with van der Waals surface area (Å²) in [4.78, 5) is 28.0. The highest BCUT2D eigenvalue weighted by Gasteiger charge is 2.28. The van der Waals surface area contributed by atoms with Crippen LogP contribution in [0.2, 0.25) is 0 Å². The number of imidazole rings is 1. The first-order chi connectivity index (χ1) is 15.2. The molecule has 1 N–H and O–H groups in total. The minimum Gasteiger partial charge on any atom is -0.353 e. The zero-order valence-corrected chi connectivity index (χ0v) is 17.5. The van der Waals surface area contributed by atoms with Gasteiger partial charge in [0.25, 0.3) is 0 Å². The van der Waals surface area contributed by atoms with E-state index in [0.717, 1.165) is 30.8 Å². The topological polar surface area (TPSA) is 80.9 Å². The average Bonchev–Trinajstić information content (AvgIpc) is 3.54. The van der Waals surface area contributed by atoms with Gasteiger partial charge in [-0.1, -0.05) is 12.1 Å². The number of aromatic nitrogens is 5. The quantitative estimate of drug-likeness (QED) is 0.524. The standard InChI is InChI=1S/C23H25N7O/c1-28-11-7-18-5-4-17(13-20(18)28)15-26-22(31)14-19-3-2-10-30(19)21-6-8-25-23(27-21)29-12-9-24-16-29/h4-9,11-13,16,19H,2-3,10,14-15H2,1H3,(H,26,31)/t19-/m1/s1. The van der Waals surface area contributed by atoms with Crippen molar-refractivity contribution in [2.24, 2.45) is 7.05 Å². The van der Waals surface area contributed by atoms with Gasteiger partial charge in [0.2, 0.25) is 11.9 Å². The fraction of sp³-hybridized carbons (Fsp3) is 0.304. The van der Waals surface area contributed by atoms with Crippen LogP contribution >= 0.6 is 0 Å². The Hall–Kier alpha value is -3.68. The third-order valence-electron chi connectivity index (χ3n) is 5.90. The molecule has 0 unspecified atom stereocenters. The maximum absolute atomic E-state index is 12.7. The highest BCUT2D eigenvalue weighted by Crippen LogP contribution is 2.26.